The van der Waals surface area contributed by atoms with E-state index in [0.717, 1.165) is 61.4 Å². The van der Waals surface area contributed by atoms with Crippen LogP contribution in [0.15, 0.2) is 42.7 Å². The summed E-state index contributed by atoms with van der Waals surface area (Å²) in [6.07, 6.45) is 6.62. The van der Waals surface area contributed by atoms with Crippen LogP contribution < -0.4 is 10.6 Å². The summed E-state index contributed by atoms with van der Waals surface area (Å²) < 4.78 is 0. The highest BCUT2D eigenvalue weighted by Gasteiger charge is 2.21. The maximum atomic E-state index is 12.5. The smallest absolute Gasteiger partial charge is 0.319 e. The van der Waals surface area contributed by atoms with Crippen LogP contribution in [0, 0.1) is 0 Å². The first-order chi connectivity index (χ1) is 13.7. The second-order valence-electron chi connectivity index (χ2n) is 7.30. The van der Waals surface area contributed by atoms with Gasteiger partial charge in [-0.3, -0.25) is 9.88 Å². The van der Waals surface area contributed by atoms with Crippen LogP contribution in [-0.4, -0.2) is 45.0 Å². The molecule has 2 aromatic heterocycles. The number of pyridine rings is 1. The lowest BCUT2D eigenvalue weighted by Gasteiger charge is -2.33. The first kappa shape index (κ1) is 18.4. The number of hydrogen-bond acceptors (Lipinski definition) is 4. The highest BCUT2D eigenvalue weighted by molar-refractivity contribution is 5.92. The maximum absolute atomic E-state index is 12.5. The molecule has 3 heterocycles. The van der Waals surface area contributed by atoms with Crippen LogP contribution in [0.1, 0.15) is 31.2 Å². The van der Waals surface area contributed by atoms with Crippen molar-refractivity contribution in [3.8, 4) is 0 Å². The Balaban J connectivity index is 1.32. The van der Waals surface area contributed by atoms with Gasteiger partial charge >= 0.3 is 6.03 Å². The van der Waals surface area contributed by atoms with Gasteiger partial charge in [0, 0.05) is 43.6 Å². The molecular formula is C21H26N6O. The van der Waals surface area contributed by atoms with Crippen molar-refractivity contribution in [1.82, 2.24) is 25.2 Å². The van der Waals surface area contributed by atoms with Crippen molar-refractivity contribution < 1.29 is 4.79 Å². The number of anilines is 1. The molecule has 7 heteroatoms. The molecule has 0 radical (unpaired) electrons. The fraction of sp³-hybridized carbons (Fsp3) is 0.381. The zero-order chi connectivity index (χ0) is 19.3. The molecule has 3 N–H and O–H groups in total. The van der Waals surface area contributed by atoms with Crippen molar-refractivity contribution >= 4 is 22.8 Å². The summed E-state index contributed by atoms with van der Waals surface area (Å²) in [6, 6.07) is 9.77. The van der Waals surface area contributed by atoms with Gasteiger partial charge in [0.1, 0.15) is 5.82 Å². The number of piperidine rings is 1. The molecule has 3 aromatic rings. The number of aromatic nitrogens is 3. The Labute approximate surface area is 164 Å². The minimum absolute atomic E-state index is 0.146. The lowest BCUT2D eigenvalue weighted by atomic mass is 10.1. The second-order valence-corrected chi connectivity index (χ2v) is 7.30. The zero-order valence-electron chi connectivity index (χ0n) is 16.1. The van der Waals surface area contributed by atoms with Gasteiger partial charge in [-0.2, -0.15) is 0 Å². The van der Waals surface area contributed by atoms with Gasteiger partial charge in [-0.1, -0.05) is 13.0 Å². The molecular weight excluding hydrogens is 352 g/mol. The van der Waals surface area contributed by atoms with Crippen molar-refractivity contribution in [3.05, 3.63) is 54.1 Å². The summed E-state index contributed by atoms with van der Waals surface area (Å²) in [5.41, 5.74) is 3.82. The van der Waals surface area contributed by atoms with E-state index in [0.29, 0.717) is 0 Å². The van der Waals surface area contributed by atoms with E-state index < -0.39 is 0 Å². The average molecular weight is 378 g/mol. The van der Waals surface area contributed by atoms with Crippen molar-refractivity contribution in [2.45, 2.75) is 38.8 Å². The predicted octanol–water partition coefficient (Wildman–Crippen LogP) is 3.31. The highest BCUT2D eigenvalue weighted by Crippen LogP contribution is 2.18. The molecule has 0 saturated carbocycles. The van der Waals surface area contributed by atoms with Crippen LogP contribution in [0.4, 0.5) is 10.5 Å². The van der Waals surface area contributed by atoms with Gasteiger partial charge in [0.15, 0.2) is 0 Å². The van der Waals surface area contributed by atoms with E-state index in [4.69, 9.17) is 0 Å². The third-order valence-corrected chi connectivity index (χ3v) is 5.09. The number of imidazole rings is 1. The van der Waals surface area contributed by atoms with E-state index in [1.807, 2.05) is 30.5 Å². The SMILES string of the molecule is CCc1nc2ccc(NC(=O)N[C@H]3CCCN(Cc4cccnc4)C3)cc2[nH]1. The molecule has 1 saturated heterocycles. The molecule has 1 aromatic carbocycles. The first-order valence-corrected chi connectivity index (χ1v) is 9.87. The number of fused-ring (bicyclic) bond motifs is 1. The fourth-order valence-electron chi connectivity index (χ4n) is 3.73. The molecule has 0 bridgehead atoms. The molecule has 4 rings (SSSR count). The number of rotatable bonds is 5. The number of carbonyl (C=O) groups excluding carboxylic acids is 1. The van der Waals surface area contributed by atoms with Crippen LogP contribution in [-0.2, 0) is 13.0 Å². The van der Waals surface area contributed by atoms with Crippen molar-refractivity contribution in [2.24, 2.45) is 0 Å². The average Bonchev–Trinajstić information content (AvgIpc) is 3.11. The third kappa shape index (κ3) is 4.48. The largest absolute Gasteiger partial charge is 0.342 e. The Bertz CT molecular complexity index is 938. The van der Waals surface area contributed by atoms with E-state index in [9.17, 15) is 4.79 Å². The summed E-state index contributed by atoms with van der Waals surface area (Å²) in [5, 5.41) is 6.06. The summed E-state index contributed by atoms with van der Waals surface area (Å²) >= 11 is 0. The number of amides is 2. The van der Waals surface area contributed by atoms with E-state index in [1.54, 1.807) is 6.20 Å². The molecule has 0 unspecified atom stereocenters. The topological polar surface area (TPSA) is 85.9 Å². The maximum Gasteiger partial charge on any atom is 0.319 e. The monoisotopic (exact) mass is 378 g/mol. The van der Waals surface area contributed by atoms with Crippen LogP contribution >= 0.6 is 0 Å². The number of H-pyrrole nitrogens is 1. The van der Waals surface area contributed by atoms with Crippen LogP contribution in [0.3, 0.4) is 0 Å². The van der Waals surface area contributed by atoms with E-state index in [1.165, 1.54) is 5.56 Å². The molecule has 28 heavy (non-hydrogen) atoms. The lowest BCUT2D eigenvalue weighted by Crippen LogP contribution is -2.48. The first-order valence-electron chi connectivity index (χ1n) is 9.87. The quantitative estimate of drug-likeness (QED) is 0.636. The number of aromatic amines is 1. The van der Waals surface area contributed by atoms with E-state index >= 15 is 0 Å². The number of likely N-dealkylation sites (tertiary alicyclic amines) is 1. The van der Waals surface area contributed by atoms with Gasteiger partial charge in [-0.25, -0.2) is 9.78 Å². The van der Waals surface area contributed by atoms with Crippen LogP contribution in [0.5, 0.6) is 0 Å². The number of benzene rings is 1. The highest BCUT2D eigenvalue weighted by atomic mass is 16.2. The molecule has 1 fully saturated rings. The van der Waals surface area contributed by atoms with Gasteiger partial charge in [-0.15, -0.1) is 0 Å². The number of hydrogen-bond donors (Lipinski definition) is 3. The molecule has 2 amide bonds. The molecule has 1 aliphatic rings. The number of urea groups is 1. The van der Waals surface area contributed by atoms with E-state index in [-0.39, 0.29) is 12.1 Å². The Kier molecular flexibility index (Phi) is 5.53. The molecule has 0 aliphatic carbocycles. The Morgan fingerprint density at radius 2 is 2.29 bits per heavy atom. The van der Waals surface area contributed by atoms with Crippen molar-refractivity contribution in [2.75, 3.05) is 18.4 Å². The van der Waals surface area contributed by atoms with Gasteiger partial charge in [0.05, 0.1) is 11.0 Å². The van der Waals surface area contributed by atoms with Gasteiger partial charge < -0.3 is 15.6 Å². The van der Waals surface area contributed by atoms with Gasteiger partial charge in [0.25, 0.3) is 0 Å². The summed E-state index contributed by atoms with van der Waals surface area (Å²) in [6.45, 7) is 4.82. The minimum atomic E-state index is -0.164. The lowest BCUT2D eigenvalue weighted by molar-refractivity contribution is 0.183. The number of nitrogens with one attached hydrogen (secondary N) is 3. The Morgan fingerprint density at radius 1 is 1.36 bits per heavy atom. The Morgan fingerprint density at radius 3 is 3.11 bits per heavy atom. The normalized spacial score (nSPS) is 17.5. The van der Waals surface area contributed by atoms with Crippen LogP contribution in [0.2, 0.25) is 0 Å². The summed E-state index contributed by atoms with van der Waals surface area (Å²) in [5.74, 6) is 0.951. The fourth-order valence-corrected chi connectivity index (χ4v) is 3.73. The third-order valence-electron chi connectivity index (χ3n) is 5.09. The second kappa shape index (κ2) is 8.39. The van der Waals surface area contributed by atoms with Gasteiger partial charge in [0.2, 0.25) is 0 Å². The summed E-state index contributed by atoms with van der Waals surface area (Å²) in [4.78, 5) is 26.8. The van der Waals surface area contributed by atoms with Gasteiger partial charge in [-0.05, 0) is 49.2 Å². The standard InChI is InChI=1S/C21H26N6O/c1-2-20-25-18-8-7-16(11-19(18)26-20)23-21(28)24-17-6-4-10-27(14-17)13-15-5-3-9-22-12-15/h3,5,7-9,11-12,17H,2,4,6,10,13-14H2,1H3,(H,25,26)(H2,23,24,28)/t17-/m0/s1. The van der Waals surface area contributed by atoms with Crippen LogP contribution in [0.25, 0.3) is 11.0 Å². The van der Waals surface area contributed by atoms with Crippen molar-refractivity contribution in [1.29, 1.82) is 0 Å². The van der Waals surface area contributed by atoms with E-state index in [2.05, 4.69) is 43.5 Å². The van der Waals surface area contributed by atoms with Crippen molar-refractivity contribution in [3.63, 3.8) is 0 Å². The summed E-state index contributed by atoms with van der Waals surface area (Å²) in [7, 11) is 0. The zero-order valence-corrected chi connectivity index (χ0v) is 16.1. The number of aryl methyl sites for hydroxylation is 1. The number of carbonyl (C=O) groups is 1. The Hall–Kier alpha value is -2.93. The molecule has 7 nitrogen and oxygen atoms in total. The minimum Gasteiger partial charge on any atom is -0.342 e. The molecule has 1 aliphatic heterocycles. The molecule has 1 atom stereocenters. The predicted molar refractivity (Wildman–Crippen MR) is 110 cm³/mol. The molecule has 146 valence electrons. The number of nitrogens with zero attached hydrogens (tertiary/aromatic N) is 3. The molecule has 0 spiro atoms.